The molecule has 1 N–H and O–H groups in total. The van der Waals surface area contributed by atoms with E-state index in [1.165, 1.54) is 6.07 Å². The topological polar surface area (TPSA) is 15.3 Å². The predicted molar refractivity (Wildman–Crippen MR) is 66.0 cm³/mol. The zero-order valence-electron chi connectivity index (χ0n) is 10.5. The van der Waals surface area contributed by atoms with Crippen LogP contribution in [-0.2, 0) is 0 Å². The lowest BCUT2D eigenvalue weighted by Gasteiger charge is -2.26. The Morgan fingerprint density at radius 1 is 1.25 bits per heavy atom. The van der Waals surface area contributed by atoms with Gasteiger partial charge in [0, 0.05) is 24.2 Å². The van der Waals surface area contributed by atoms with E-state index in [4.69, 9.17) is 0 Å². The third-order valence-corrected chi connectivity index (χ3v) is 2.61. The van der Waals surface area contributed by atoms with E-state index in [9.17, 15) is 4.39 Å². The second-order valence-electron chi connectivity index (χ2n) is 4.56. The Hall–Kier alpha value is -0.930. The highest BCUT2D eigenvalue weighted by Gasteiger charge is 2.17. The first-order valence-corrected chi connectivity index (χ1v) is 5.66. The molecule has 0 saturated heterocycles. The second kappa shape index (κ2) is 5.97. The monoisotopic (exact) mass is 224 g/mol. The van der Waals surface area contributed by atoms with Crippen LogP contribution in [0.4, 0.5) is 4.39 Å². The van der Waals surface area contributed by atoms with Crippen LogP contribution in [0.25, 0.3) is 0 Å². The molecule has 1 atom stereocenters. The summed E-state index contributed by atoms with van der Waals surface area (Å²) in [5.41, 5.74) is 0.751. The fourth-order valence-corrected chi connectivity index (χ4v) is 1.66. The van der Waals surface area contributed by atoms with Crippen molar-refractivity contribution < 1.29 is 4.39 Å². The van der Waals surface area contributed by atoms with Crippen molar-refractivity contribution in [2.24, 2.45) is 0 Å². The van der Waals surface area contributed by atoms with Crippen molar-refractivity contribution in [2.45, 2.75) is 25.9 Å². The van der Waals surface area contributed by atoms with Gasteiger partial charge in [-0.1, -0.05) is 32.0 Å². The van der Waals surface area contributed by atoms with Crippen molar-refractivity contribution in [1.82, 2.24) is 10.2 Å². The quantitative estimate of drug-likeness (QED) is 0.826. The fraction of sp³-hybridized carbons (Fsp3) is 0.538. The van der Waals surface area contributed by atoms with Gasteiger partial charge < -0.3 is 10.2 Å². The van der Waals surface area contributed by atoms with Gasteiger partial charge in [-0.2, -0.15) is 0 Å². The van der Waals surface area contributed by atoms with Crippen LogP contribution in [0.1, 0.15) is 25.5 Å². The fourth-order valence-electron chi connectivity index (χ4n) is 1.66. The van der Waals surface area contributed by atoms with Crippen LogP contribution in [-0.4, -0.2) is 31.6 Å². The highest BCUT2D eigenvalue weighted by Crippen LogP contribution is 2.20. The maximum atomic E-state index is 13.7. The Morgan fingerprint density at radius 3 is 2.38 bits per heavy atom. The van der Waals surface area contributed by atoms with Crippen LogP contribution < -0.4 is 5.32 Å². The maximum Gasteiger partial charge on any atom is 0.128 e. The molecule has 0 aliphatic carbocycles. The summed E-state index contributed by atoms with van der Waals surface area (Å²) in [6, 6.07) is 7.45. The molecule has 0 aliphatic rings. The molecule has 1 aromatic carbocycles. The molecule has 0 heterocycles. The van der Waals surface area contributed by atoms with E-state index in [2.05, 4.69) is 19.2 Å². The van der Waals surface area contributed by atoms with Crippen molar-refractivity contribution in [3.05, 3.63) is 35.6 Å². The minimum atomic E-state index is -0.133. The lowest BCUT2D eigenvalue weighted by Crippen LogP contribution is -2.34. The molecule has 1 unspecified atom stereocenters. The average molecular weight is 224 g/mol. The summed E-state index contributed by atoms with van der Waals surface area (Å²) in [6.45, 7) is 4.94. The Morgan fingerprint density at radius 2 is 1.88 bits per heavy atom. The number of benzene rings is 1. The first-order chi connectivity index (χ1) is 7.52. The molecule has 16 heavy (non-hydrogen) atoms. The summed E-state index contributed by atoms with van der Waals surface area (Å²) in [6.07, 6.45) is 0. The van der Waals surface area contributed by atoms with Gasteiger partial charge >= 0.3 is 0 Å². The summed E-state index contributed by atoms with van der Waals surface area (Å²) >= 11 is 0. The molecule has 0 bridgehead atoms. The van der Waals surface area contributed by atoms with Crippen LogP contribution in [0.5, 0.6) is 0 Å². The zero-order chi connectivity index (χ0) is 12.1. The van der Waals surface area contributed by atoms with Gasteiger partial charge in [0.25, 0.3) is 0 Å². The molecule has 0 saturated carbocycles. The number of nitrogens with one attached hydrogen (secondary N) is 1. The van der Waals surface area contributed by atoms with E-state index in [-0.39, 0.29) is 11.9 Å². The largest absolute Gasteiger partial charge is 0.313 e. The van der Waals surface area contributed by atoms with Crippen LogP contribution >= 0.6 is 0 Å². The molecule has 0 aliphatic heterocycles. The number of likely N-dealkylation sites (N-methyl/N-ethyl adjacent to an activating group) is 1. The van der Waals surface area contributed by atoms with Gasteiger partial charge in [-0.05, 0) is 20.2 Å². The molecule has 0 radical (unpaired) electrons. The van der Waals surface area contributed by atoms with Crippen LogP contribution in [0, 0.1) is 5.82 Å². The normalized spacial score (nSPS) is 13.4. The van der Waals surface area contributed by atoms with Crippen LogP contribution in [0.3, 0.4) is 0 Å². The SMILES string of the molecule is CC(C)NCC(c1ccccc1F)N(C)C. The first kappa shape index (κ1) is 13.1. The molecular weight excluding hydrogens is 203 g/mol. The first-order valence-electron chi connectivity index (χ1n) is 5.66. The zero-order valence-corrected chi connectivity index (χ0v) is 10.5. The summed E-state index contributed by atoms with van der Waals surface area (Å²) in [7, 11) is 3.94. The van der Waals surface area contributed by atoms with E-state index < -0.39 is 0 Å². The Labute approximate surface area is 97.5 Å². The van der Waals surface area contributed by atoms with Gasteiger partial charge in [-0.25, -0.2) is 4.39 Å². The van der Waals surface area contributed by atoms with Crippen molar-refractivity contribution in [1.29, 1.82) is 0 Å². The van der Waals surface area contributed by atoms with Gasteiger partial charge in [-0.15, -0.1) is 0 Å². The van der Waals surface area contributed by atoms with E-state index >= 15 is 0 Å². The van der Waals surface area contributed by atoms with Crippen molar-refractivity contribution >= 4 is 0 Å². The number of rotatable bonds is 5. The van der Waals surface area contributed by atoms with Gasteiger partial charge in [0.15, 0.2) is 0 Å². The van der Waals surface area contributed by atoms with E-state index in [0.29, 0.717) is 6.04 Å². The molecule has 3 heteroatoms. The molecule has 0 aromatic heterocycles. The highest BCUT2D eigenvalue weighted by atomic mass is 19.1. The minimum Gasteiger partial charge on any atom is -0.313 e. The van der Waals surface area contributed by atoms with E-state index in [0.717, 1.165) is 12.1 Å². The molecule has 90 valence electrons. The van der Waals surface area contributed by atoms with E-state index in [1.54, 1.807) is 6.07 Å². The molecule has 1 aromatic rings. The second-order valence-corrected chi connectivity index (χ2v) is 4.56. The molecule has 0 spiro atoms. The number of hydrogen-bond acceptors (Lipinski definition) is 2. The molecular formula is C13H21FN2. The lowest BCUT2D eigenvalue weighted by molar-refractivity contribution is 0.276. The summed E-state index contributed by atoms with van der Waals surface area (Å²) < 4.78 is 13.7. The Kier molecular flexibility index (Phi) is 4.90. The number of hydrogen-bond donors (Lipinski definition) is 1. The number of nitrogens with zero attached hydrogens (tertiary/aromatic N) is 1. The van der Waals surface area contributed by atoms with Crippen molar-refractivity contribution in [3.63, 3.8) is 0 Å². The summed E-state index contributed by atoms with van der Waals surface area (Å²) in [5, 5.41) is 3.34. The number of halogens is 1. The van der Waals surface area contributed by atoms with Crippen molar-refractivity contribution in [2.75, 3.05) is 20.6 Å². The van der Waals surface area contributed by atoms with E-state index in [1.807, 2.05) is 31.1 Å². The molecule has 1 rings (SSSR count). The van der Waals surface area contributed by atoms with Crippen molar-refractivity contribution in [3.8, 4) is 0 Å². The van der Waals surface area contributed by atoms with Crippen LogP contribution in [0.2, 0.25) is 0 Å². The third-order valence-electron chi connectivity index (χ3n) is 2.61. The summed E-state index contributed by atoms with van der Waals surface area (Å²) in [4.78, 5) is 2.04. The Balaban J connectivity index is 2.82. The summed E-state index contributed by atoms with van der Waals surface area (Å²) in [5.74, 6) is -0.133. The predicted octanol–water partition coefficient (Wildman–Crippen LogP) is 2.43. The maximum absolute atomic E-state index is 13.7. The third kappa shape index (κ3) is 3.58. The lowest BCUT2D eigenvalue weighted by atomic mass is 10.1. The molecule has 0 fully saturated rings. The highest BCUT2D eigenvalue weighted by molar-refractivity contribution is 5.21. The van der Waals surface area contributed by atoms with Gasteiger partial charge in [0.05, 0.1) is 0 Å². The van der Waals surface area contributed by atoms with Gasteiger partial charge in [0.1, 0.15) is 5.82 Å². The average Bonchev–Trinajstić information content (AvgIpc) is 2.20. The van der Waals surface area contributed by atoms with Gasteiger partial charge in [0.2, 0.25) is 0 Å². The molecule has 2 nitrogen and oxygen atoms in total. The Bertz CT molecular complexity index is 323. The standard InChI is InChI=1S/C13H21FN2/c1-10(2)15-9-13(16(3)4)11-7-5-6-8-12(11)14/h5-8,10,13,15H,9H2,1-4H3. The minimum absolute atomic E-state index is 0.0728. The van der Waals surface area contributed by atoms with Crippen LogP contribution in [0.15, 0.2) is 24.3 Å². The van der Waals surface area contributed by atoms with Gasteiger partial charge in [-0.3, -0.25) is 0 Å². The smallest absolute Gasteiger partial charge is 0.128 e. The molecule has 0 amide bonds.